The molecule has 3 aromatic rings. The first kappa shape index (κ1) is 13.2. The largest absolute Gasteiger partial charge is 0.489 e. The van der Waals surface area contributed by atoms with Crippen molar-refractivity contribution in [3.05, 3.63) is 82.7 Å². The second kappa shape index (κ2) is 5.67. The highest BCUT2D eigenvalue weighted by Crippen LogP contribution is 2.20. The molecule has 1 aromatic heterocycles. The van der Waals surface area contributed by atoms with Crippen LogP contribution in [0.4, 0.5) is 0 Å². The van der Waals surface area contributed by atoms with Gasteiger partial charge in [0.05, 0.1) is 0 Å². The van der Waals surface area contributed by atoms with E-state index in [1.807, 2.05) is 36.4 Å². The van der Waals surface area contributed by atoms with Gasteiger partial charge < -0.3 is 9.15 Å². The second-order valence-corrected chi connectivity index (χ2v) is 4.69. The first-order chi connectivity index (χ1) is 10.2. The molecule has 3 nitrogen and oxygen atoms in total. The highest BCUT2D eigenvalue weighted by atomic mass is 16.5. The van der Waals surface area contributed by atoms with Crippen LogP contribution in [0, 0.1) is 0 Å². The van der Waals surface area contributed by atoms with E-state index in [4.69, 9.17) is 9.15 Å². The highest BCUT2D eigenvalue weighted by Gasteiger charge is 2.01. The van der Waals surface area contributed by atoms with Crippen LogP contribution in [0.25, 0.3) is 17.0 Å². The van der Waals surface area contributed by atoms with Crippen LogP contribution in [0.1, 0.15) is 11.1 Å². The Morgan fingerprint density at radius 1 is 1.05 bits per heavy atom. The summed E-state index contributed by atoms with van der Waals surface area (Å²) >= 11 is 0. The first-order valence-corrected chi connectivity index (χ1v) is 6.63. The van der Waals surface area contributed by atoms with E-state index >= 15 is 0 Å². The van der Waals surface area contributed by atoms with Crippen molar-refractivity contribution in [1.82, 2.24) is 0 Å². The molecule has 0 bridgehead atoms. The van der Waals surface area contributed by atoms with E-state index in [0.717, 1.165) is 16.5 Å². The molecule has 0 saturated carbocycles. The fraction of sp³-hybridized carbons (Fsp3) is 0.0556. The van der Waals surface area contributed by atoms with Crippen molar-refractivity contribution in [2.75, 3.05) is 0 Å². The molecule has 0 N–H and O–H groups in total. The number of rotatable bonds is 4. The third-order valence-corrected chi connectivity index (χ3v) is 3.22. The van der Waals surface area contributed by atoms with Crippen LogP contribution >= 0.6 is 0 Å². The van der Waals surface area contributed by atoms with Crippen LogP contribution < -0.4 is 10.4 Å². The average Bonchev–Trinajstić information content (AvgIpc) is 2.53. The summed E-state index contributed by atoms with van der Waals surface area (Å²) in [6.07, 6.45) is 1.80. The van der Waals surface area contributed by atoms with Gasteiger partial charge in [-0.3, -0.25) is 0 Å². The predicted molar refractivity (Wildman–Crippen MR) is 83.3 cm³/mol. The van der Waals surface area contributed by atoms with Crippen LogP contribution in [-0.4, -0.2) is 0 Å². The summed E-state index contributed by atoms with van der Waals surface area (Å²) in [6, 6.07) is 16.6. The molecule has 21 heavy (non-hydrogen) atoms. The van der Waals surface area contributed by atoms with E-state index < -0.39 is 0 Å². The van der Waals surface area contributed by atoms with Gasteiger partial charge in [-0.1, -0.05) is 36.9 Å². The van der Waals surface area contributed by atoms with E-state index in [1.165, 1.54) is 6.07 Å². The maximum atomic E-state index is 11.2. The summed E-state index contributed by atoms with van der Waals surface area (Å²) in [5.74, 6) is 0.671. The monoisotopic (exact) mass is 278 g/mol. The minimum atomic E-state index is -0.361. The van der Waals surface area contributed by atoms with Gasteiger partial charge in [0, 0.05) is 17.5 Å². The summed E-state index contributed by atoms with van der Waals surface area (Å²) in [5.41, 5.74) is 2.31. The van der Waals surface area contributed by atoms with Crippen molar-refractivity contribution in [1.29, 1.82) is 0 Å². The van der Waals surface area contributed by atoms with Gasteiger partial charge >= 0.3 is 5.63 Å². The molecule has 0 spiro atoms. The van der Waals surface area contributed by atoms with E-state index in [1.54, 1.807) is 18.2 Å². The van der Waals surface area contributed by atoms with Gasteiger partial charge in [-0.2, -0.15) is 0 Å². The zero-order valence-corrected chi connectivity index (χ0v) is 11.4. The van der Waals surface area contributed by atoms with Crippen LogP contribution in [0.3, 0.4) is 0 Å². The normalized spacial score (nSPS) is 10.5. The molecule has 0 aliphatic rings. The molecule has 1 heterocycles. The third kappa shape index (κ3) is 3.03. The van der Waals surface area contributed by atoms with Gasteiger partial charge in [0.2, 0.25) is 0 Å². The SMILES string of the molecule is C=Cc1ccc(COc2ccc3ccc(=O)oc3c2)cc1. The third-order valence-electron chi connectivity index (χ3n) is 3.22. The molecule has 2 aromatic carbocycles. The Labute approximate surface area is 122 Å². The van der Waals surface area contributed by atoms with Crippen LogP contribution in [-0.2, 0) is 6.61 Å². The number of ether oxygens (including phenoxy) is 1. The van der Waals surface area contributed by atoms with Crippen molar-refractivity contribution in [3.8, 4) is 5.75 Å². The zero-order valence-electron chi connectivity index (χ0n) is 11.4. The molecule has 104 valence electrons. The minimum absolute atomic E-state index is 0.361. The molecular formula is C18H14O3. The van der Waals surface area contributed by atoms with Gasteiger partial charge in [-0.15, -0.1) is 0 Å². The summed E-state index contributed by atoms with van der Waals surface area (Å²) in [5, 5.41) is 0.872. The fourth-order valence-corrected chi connectivity index (χ4v) is 2.05. The van der Waals surface area contributed by atoms with Crippen molar-refractivity contribution in [2.24, 2.45) is 0 Å². The van der Waals surface area contributed by atoms with Crippen molar-refractivity contribution < 1.29 is 9.15 Å². The first-order valence-electron chi connectivity index (χ1n) is 6.63. The maximum absolute atomic E-state index is 11.2. The number of hydrogen-bond acceptors (Lipinski definition) is 3. The second-order valence-electron chi connectivity index (χ2n) is 4.69. The van der Waals surface area contributed by atoms with Crippen LogP contribution in [0.15, 0.2) is 70.4 Å². The summed E-state index contributed by atoms with van der Waals surface area (Å²) in [4.78, 5) is 11.2. The van der Waals surface area contributed by atoms with Crippen molar-refractivity contribution in [2.45, 2.75) is 6.61 Å². The lowest BCUT2D eigenvalue weighted by molar-refractivity contribution is 0.306. The van der Waals surface area contributed by atoms with Gasteiger partial charge in [0.1, 0.15) is 17.9 Å². The molecule has 0 radical (unpaired) electrons. The Morgan fingerprint density at radius 3 is 2.57 bits per heavy atom. The Bertz CT molecular complexity index is 829. The Balaban J connectivity index is 1.77. The quantitative estimate of drug-likeness (QED) is 0.677. The molecule has 0 aliphatic carbocycles. The molecule has 3 rings (SSSR count). The van der Waals surface area contributed by atoms with Gasteiger partial charge in [-0.05, 0) is 29.3 Å². The molecule has 0 atom stereocenters. The fourth-order valence-electron chi connectivity index (χ4n) is 2.05. The summed E-state index contributed by atoms with van der Waals surface area (Å²) in [7, 11) is 0. The highest BCUT2D eigenvalue weighted by molar-refractivity contribution is 5.77. The van der Waals surface area contributed by atoms with E-state index in [-0.39, 0.29) is 5.63 Å². The smallest absolute Gasteiger partial charge is 0.336 e. The van der Waals surface area contributed by atoms with Gasteiger partial charge in [-0.25, -0.2) is 4.79 Å². The van der Waals surface area contributed by atoms with Gasteiger partial charge in [0.15, 0.2) is 0 Å². The van der Waals surface area contributed by atoms with E-state index in [2.05, 4.69) is 6.58 Å². The molecule has 0 unspecified atom stereocenters. The van der Waals surface area contributed by atoms with Crippen molar-refractivity contribution >= 4 is 17.0 Å². The maximum Gasteiger partial charge on any atom is 0.336 e. The number of benzene rings is 2. The molecule has 0 amide bonds. The Morgan fingerprint density at radius 2 is 1.81 bits per heavy atom. The molecule has 0 aliphatic heterocycles. The van der Waals surface area contributed by atoms with E-state index in [9.17, 15) is 4.79 Å². The zero-order chi connectivity index (χ0) is 14.7. The Hall–Kier alpha value is -2.81. The summed E-state index contributed by atoms with van der Waals surface area (Å²) in [6.45, 7) is 4.18. The van der Waals surface area contributed by atoms with Crippen LogP contribution in [0.2, 0.25) is 0 Å². The standard InChI is InChI=1S/C18H14O3/c1-2-13-3-5-14(6-4-13)12-20-16-9-7-15-8-10-18(19)21-17(15)11-16/h2-11H,1,12H2. The number of hydrogen-bond donors (Lipinski definition) is 0. The predicted octanol–water partition coefficient (Wildman–Crippen LogP) is 4.02. The molecular weight excluding hydrogens is 264 g/mol. The van der Waals surface area contributed by atoms with Crippen molar-refractivity contribution in [3.63, 3.8) is 0 Å². The van der Waals surface area contributed by atoms with Crippen LogP contribution in [0.5, 0.6) is 5.75 Å². The van der Waals surface area contributed by atoms with E-state index in [0.29, 0.717) is 17.9 Å². The lowest BCUT2D eigenvalue weighted by atomic mass is 10.1. The summed E-state index contributed by atoms with van der Waals surface area (Å²) < 4.78 is 10.9. The molecule has 3 heteroatoms. The lowest BCUT2D eigenvalue weighted by Gasteiger charge is -2.07. The number of fused-ring (bicyclic) bond motifs is 1. The lowest BCUT2D eigenvalue weighted by Crippen LogP contribution is -1.97. The van der Waals surface area contributed by atoms with Gasteiger partial charge in [0.25, 0.3) is 0 Å². The Kier molecular flexibility index (Phi) is 3.56. The topological polar surface area (TPSA) is 39.4 Å². The average molecular weight is 278 g/mol. The molecule has 0 saturated heterocycles. The minimum Gasteiger partial charge on any atom is -0.489 e. The molecule has 0 fully saturated rings.